The number of fused-ring (bicyclic) bond motifs is 1. The van der Waals surface area contributed by atoms with E-state index >= 15 is 0 Å². The average Bonchev–Trinajstić information content (AvgIpc) is 3.25. The predicted octanol–water partition coefficient (Wildman–Crippen LogP) is 6.31. The van der Waals surface area contributed by atoms with Crippen LogP contribution in [0, 0.1) is 6.92 Å². The van der Waals surface area contributed by atoms with Gasteiger partial charge in [0, 0.05) is 38.2 Å². The Hall–Kier alpha value is -5.08. The minimum atomic E-state index is -3.97. The van der Waals surface area contributed by atoms with Crippen LogP contribution in [-0.4, -0.2) is 63.8 Å². The first-order chi connectivity index (χ1) is 28.1. The number of aliphatic hydroxyl groups excluding tert-OH is 1. The number of methoxy groups -OCH3 is 2. The number of aryl methyl sites for hydroxylation is 1. The van der Waals surface area contributed by atoms with Crippen molar-refractivity contribution in [2.45, 2.75) is 75.3 Å². The number of carbonyl (C=O) groups excluding carboxylic acids is 1. The van der Waals surface area contributed by atoms with E-state index in [2.05, 4.69) is 27.1 Å². The molecule has 58 heavy (non-hydrogen) atoms. The van der Waals surface area contributed by atoms with Gasteiger partial charge in [0.1, 0.15) is 6.04 Å². The van der Waals surface area contributed by atoms with Gasteiger partial charge in [0.25, 0.3) is 0 Å². The van der Waals surface area contributed by atoms with Gasteiger partial charge in [-0.25, -0.2) is 8.42 Å². The summed E-state index contributed by atoms with van der Waals surface area (Å²) in [6.07, 6.45) is 0.724. The van der Waals surface area contributed by atoms with Crippen LogP contribution in [0.3, 0.4) is 0 Å². The monoisotopic (exact) mass is 805 g/mol. The van der Waals surface area contributed by atoms with Crippen molar-refractivity contribution < 1.29 is 37.3 Å². The lowest BCUT2D eigenvalue weighted by Crippen LogP contribution is -2.47. The molecule has 304 valence electrons. The molecular weight excluding hydrogens is 755 g/mol. The molecule has 0 bridgehead atoms. The highest BCUT2D eigenvalue weighted by atomic mass is 32.2. The zero-order valence-electron chi connectivity index (χ0n) is 33.1. The first kappa shape index (κ1) is 41.1. The first-order valence-corrected chi connectivity index (χ1v) is 21.0. The van der Waals surface area contributed by atoms with Gasteiger partial charge in [-0.3, -0.25) is 9.69 Å². The van der Waals surface area contributed by atoms with Crippen molar-refractivity contribution in [3.63, 3.8) is 0 Å². The van der Waals surface area contributed by atoms with Gasteiger partial charge in [0.2, 0.25) is 15.9 Å². The van der Waals surface area contributed by atoms with Gasteiger partial charge in [0.15, 0.2) is 17.8 Å². The van der Waals surface area contributed by atoms with Crippen LogP contribution in [0.25, 0.3) is 0 Å². The minimum absolute atomic E-state index is 0.0310. The fraction of sp³-hybridized carbons (Fsp3) is 0.326. The summed E-state index contributed by atoms with van der Waals surface area (Å²) in [5, 5.41) is 12.6. The maximum absolute atomic E-state index is 13.6. The highest BCUT2D eigenvalue weighted by Crippen LogP contribution is 2.39. The second-order valence-electron chi connectivity index (χ2n) is 14.9. The number of hydrogen-bond acceptors (Lipinski definition) is 9. The van der Waals surface area contributed by atoms with Gasteiger partial charge < -0.3 is 29.4 Å². The third kappa shape index (κ3) is 10.1. The molecular formula is C46H51N3O8S. The molecule has 0 saturated carbocycles. The molecule has 0 aliphatic carbocycles. The lowest BCUT2D eigenvalue weighted by molar-refractivity contribution is -0.253. The van der Waals surface area contributed by atoms with Crippen molar-refractivity contribution >= 4 is 15.9 Å². The van der Waals surface area contributed by atoms with E-state index in [0.717, 1.165) is 64.4 Å². The number of benzene rings is 5. The second kappa shape index (κ2) is 18.7. The van der Waals surface area contributed by atoms with Crippen molar-refractivity contribution in [3.8, 4) is 11.5 Å². The van der Waals surface area contributed by atoms with Gasteiger partial charge in [-0.05, 0) is 77.4 Å². The van der Waals surface area contributed by atoms with Crippen LogP contribution in [0.2, 0.25) is 0 Å². The van der Waals surface area contributed by atoms with Crippen LogP contribution in [0.15, 0.2) is 120 Å². The Balaban J connectivity index is 1.04. The van der Waals surface area contributed by atoms with Crippen molar-refractivity contribution in [1.29, 1.82) is 0 Å². The summed E-state index contributed by atoms with van der Waals surface area (Å²) in [6, 6.07) is 34.6. The van der Waals surface area contributed by atoms with Gasteiger partial charge in [-0.1, -0.05) is 96.6 Å². The standard InChI is InChI=1S/C46H51N3O8S/c1-31-9-19-40(20-10-31)58(52,53)48-41(23-32-7-5-4-6-8-32)45(51)47-27-33-11-17-36(18-12-33)46-56-39(26-42(57-46)35-15-13-34(30-50)14-16-35)29-49-22-21-37-24-43(54-2)44(55-3)25-38(37)28-49/h4-20,24-25,39,41-42,46,48,50H,21-23,26-30H2,1-3H3,(H,47,51)/t39-,41+,42+,46+/m0/s1. The molecule has 7 rings (SSSR count). The largest absolute Gasteiger partial charge is 0.493 e. The summed E-state index contributed by atoms with van der Waals surface area (Å²) in [4.78, 5) is 16.1. The van der Waals surface area contributed by atoms with E-state index in [1.807, 2.05) is 85.8 Å². The Bertz CT molecular complexity index is 2250. The zero-order valence-corrected chi connectivity index (χ0v) is 33.9. The van der Waals surface area contributed by atoms with Crippen molar-refractivity contribution in [3.05, 3.63) is 160 Å². The molecule has 0 spiro atoms. The molecule has 2 aliphatic rings. The summed E-state index contributed by atoms with van der Waals surface area (Å²) in [7, 11) is -0.657. The van der Waals surface area contributed by atoms with Crippen molar-refractivity contribution in [2.75, 3.05) is 27.3 Å². The molecule has 12 heteroatoms. The zero-order chi connectivity index (χ0) is 40.6. The normalized spacial score (nSPS) is 18.9. The third-order valence-electron chi connectivity index (χ3n) is 10.8. The highest BCUT2D eigenvalue weighted by molar-refractivity contribution is 7.89. The number of hydrogen-bond donors (Lipinski definition) is 3. The van der Waals surface area contributed by atoms with Gasteiger partial charge in [0.05, 0.1) is 37.9 Å². The predicted molar refractivity (Wildman–Crippen MR) is 221 cm³/mol. The van der Waals surface area contributed by atoms with E-state index in [-0.39, 0.29) is 36.7 Å². The fourth-order valence-electron chi connectivity index (χ4n) is 7.53. The molecule has 1 amide bonds. The van der Waals surface area contributed by atoms with E-state index in [1.165, 1.54) is 23.3 Å². The molecule has 11 nitrogen and oxygen atoms in total. The summed E-state index contributed by atoms with van der Waals surface area (Å²) < 4.78 is 53.7. The second-order valence-corrected chi connectivity index (χ2v) is 16.7. The van der Waals surface area contributed by atoms with Crippen LogP contribution < -0.4 is 19.5 Å². The molecule has 5 aromatic carbocycles. The van der Waals surface area contributed by atoms with E-state index < -0.39 is 28.3 Å². The number of sulfonamides is 1. The third-order valence-corrected chi connectivity index (χ3v) is 12.3. The average molecular weight is 806 g/mol. The van der Waals surface area contributed by atoms with E-state index in [4.69, 9.17) is 18.9 Å². The summed E-state index contributed by atoms with van der Waals surface area (Å²) in [5.41, 5.74) is 7.75. The smallest absolute Gasteiger partial charge is 0.241 e. The molecule has 5 aromatic rings. The van der Waals surface area contributed by atoms with Crippen molar-refractivity contribution in [2.24, 2.45) is 0 Å². The van der Waals surface area contributed by atoms with Gasteiger partial charge >= 0.3 is 0 Å². The number of aliphatic hydroxyl groups is 1. The van der Waals surface area contributed by atoms with Crippen LogP contribution in [0.5, 0.6) is 11.5 Å². The molecule has 2 heterocycles. The SMILES string of the molecule is COc1cc2c(cc1OC)CN(C[C@@H]1C[C@H](c3ccc(CO)cc3)O[C@H](c3ccc(CNC(=O)[C@@H](Cc4ccccc4)NS(=O)(=O)c4ccc(C)cc4)cc3)O1)CC2. The summed E-state index contributed by atoms with van der Waals surface area (Å²) in [6.45, 7) is 4.40. The number of carbonyl (C=O) groups is 1. The maximum Gasteiger partial charge on any atom is 0.241 e. The fourth-order valence-corrected chi connectivity index (χ4v) is 8.73. The lowest BCUT2D eigenvalue weighted by atomic mass is 9.97. The van der Waals surface area contributed by atoms with Crippen LogP contribution in [-0.2, 0) is 56.8 Å². The molecule has 0 aromatic heterocycles. The Morgan fingerprint density at radius 1 is 0.828 bits per heavy atom. The Morgan fingerprint density at radius 3 is 2.16 bits per heavy atom. The Kier molecular flexibility index (Phi) is 13.2. The van der Waals surface area contributed by atoms with Gasteiger partial charge in [-0.15, -0.1) is 0 Å². The molecule has 0 unspecified atom stereocenters. The molecule has 4 atom stereocenters. The number of nitrogens with one attached hydrogen (secondary N) is 2. The summed E-state index contributed by atoms with van der Waals surface area (Å²) in [5.74, 6) is 1.02. The first-order valence-electron chi connectivity index (χ1n) is 19.6. The topological polar surface area (TPSA) is 136 Å². The number of nitrogens with zero attached hydrogens (tertiary/aromatic N) is 1. The highest BCUT2D eigenvalue weighted by Gasteiger charge is 2.34. The van der Waals surface area contributed by atoms with Crippen LogP contribution >= 0.6 is 0 Å². The Labute approximate surface area is 341 Å². The van der Waals surface area contributed by atoms with E-state index in [0.29, 0.717) is 13.0 Å². The summed E-state index contributed by atoms with van der Waals surface area (Å²) >= 11 is 0. The van der Waals surface area contributed by atoms with Crippen molar-refractivity contribution in [1.82, 2.24) is 14.9 Å². The number of rotatable bonds is 15. The Morgan fingerprint density at radius 2 is 1.48 bits per heavy atom. The lowest BCUT2D eigenvalue weighted by Gasteiger charge is -2.39. The number of amides is 1. The van der Waals surface area contributed by atoms with E-state index in [1.54, 1.807) is 26.4 Å². The van der Waals surface area contributed by atoms with E-state index in [9.17, 15) is 18.3 Å². The quantitative estimate of drug-likeness (QED) is 0.111. The molecule has 0 radical (unpaired) electrons. The molecule has 1 saturated heterocycles. The maximum atomic E-state index is 13.6. The molecule has 2 aliphatic heterocycles. The van der Waals surface area contributed by atoms with Crippen LogP contribution in [0.4, 0.5) is 0 Å². The number of ether oxygens (including phenoxy) is 4. The molecule has 3 N–H and O–H groups in total. The molecule has 1 fully saturated rings. The minimum Gasteiger partial charge on any atom is -0.493 e. The van der Waals surface area contributed by atoms with Gasteiger partial charge in [-0.2, -0.15) is 4.72 Å². The van der Waals surface area contributed by atoms with Crippen LogP contribution in [0.1, 0.15) is 63.3 Å².